The molecule has 9 heteroatoms. The topological polar surface area (TPSA) is 77.3 Å². The molecular formula is C30H24Cl2CuN6. The summed E-state index contributed by atoms with van der Waals surface area (Å²) < 4.78 is 0. The van der Waals surface area contributed by atoms with Gasteiger partial charge >= 0.3 is 17.1 Å². The minimum absolute atomic E-state index is 0. The van der Waals surface area contributed by atoms with Crippen molar-refractivity contribution in [3.05, 3.63) is 146 Å². The molecule has 0 atom stereocenters. The summed E-state index contributed by atoms with van der Waals surface area (Å²) in [6, 6.07) is 34.8. The van der Waals surface area contributed by atoms with Crippen LogP contribution in [0, 0.1) is 0 Å². The molecule has 199 valence electrons. The fraction of sp³-hybridized carbons (Fsp3) is 0. The average Bonchev–Trinajstić information content (AvgIpc) is 3.01. The molecule has 0 saturated heterocycles. The van der Waals surface area contributed by atoms with Crippen LogP contribution < -0.4 is 24.8 Å². The maximum Gasteiger partial charge on any atom is 2.00 e. The normalized spacial score (nSPS) is 8.92. The standard InChI is InChI=1S/3C10H8N2.2ClH.Cu/c3*1-3-7-11-9(5-1)10-6-2-4-8-12-10;;;/h3*1-8H;2*1H;/q;;;;;+2/p-2. The maximum absolute atomic E-state index is 4.19. The van der Waals surface area contributed by atoms with Crippen molar-refractivity contribution in [2.75, 3.05) is 0 Å². The zero-order chi connectivity index (χ0) is 24.7. The second-order valence-corrected chi connectivity index (χ2v) is 7.29. The van der Waals surface area contributed by atoms with E-state index in [0.29, 0.717) is 0 Å². The molecule has 0 saturated carbocycles. The Bertz CT molecular complexity index is 1110. The number of aromatic nitrogens is 6. The van der Waals surface area contributed by atoms with Crippen LogP contribution in [0.3, 0.4) is 0 Å². The molecule has 0 amide bonds. The van der Waals surface area contributed by atoms with Gasteiger partial charge in [0.25, 0.3) is 0 Å². The van der Waals surface area contributed by atoms with E-state index in [1.165, 1.54) is 0 Å². The van der Waals surface area contributed by atoms with E-state index in [4.69, 9.17) is 0 Å². The zero-order valence-electron chi connectivity index (χ0n) is 20.6. The van der Waals surface area contributed by atoms with Gasteiger partial charge in [-0.3, -0.25) is 29.9 Å². The Kier molecular flexibility index (Phi) is 16.2. The van der Waals surface area contributed by atoms with E-state index in [1.54, 1.807) is 37.2 Å². The molecule has 6 heterocycles. The Balaban J connectivity index is 0.000000282. The van der Waals surface area contributed by atoms with Crippen LogP contribution in [0.15, 0.2) is 146 Å². The number of pyridine rings is 6. The van der Waals surface area contributed by atoms with Crippen LogP contribution in [0.5, 0.6) is 0 Å². The SMILES string of the molecule is [Cl-].[Cl-].[Cu+2].c1ccc(-c2ccccn2)nc1.c1ccc(-c2ccccn2)nc1.c1ccc(-c2ccccn2)nc1. The molecule has 0 aromatic carbocycles. The molecule has 6 nitrogen and oxygen atoms in total. The first-order chi connectivity index (χ1) is 17.9. The summed E-state index contributed by atoms with van der Waals surface area (Å²) >= 11 is 0. The van der Waals surface area contributed by atoms with E-state index in [-0.39, 0.29) is 41.9 Å². The van der Waals surface area contributed by atoms with Crippen molar-refractivity contribution in [2.24, 2.45) is 0 Å². The summed E-state index contributed by atoms with van der Waals surface area (Å²) in [5, 5.41) is 0. The van der Waals surface area contributed by atoms with Gasteiger partial charge in [0, 0.05) is 37.2 Å². The van der Waals surface area contributed by atoms with Crippen molar-refractivity contribution in [1.29, 1.82) is 0 Å². The fourth-order valence-electron chi connectivity index (χ4n) is 3.09. The van der Waals surface area contributed by atoms with Gasteiger partial charge in [-0.25, -0.2) is 0 Å². The van der Waals surface area contributed by atoms with E-state index >= 15 is 0 Å². The molecule has 0 aliphatic carbocycles. The summed E-state index contributed by atoms with van der Waals surface area (Å²) in [7, 11) is 0. The third-order valence-electron chi connectivity index (χ3n) is 4.78. The third-order valence-corrected chi connectivity index (χ3v) is 4.78. The van der Waals surface area contributed by atoms with Gasteiger partial charge in [-0.15, -0.1) is 0 Å². The molecule has 6 aromatic heterocycles. The zero-order valence-corrected chi connectivity index (χ0v) is 23.1. The average molecular weight is 603 g/mol. The summed E-state index contributed by atoms with van der Waals surface area (Å²) in [6.45, 7) is 0. The summed E-state index contributed by atoms with van der Waals surface area (Å²) in [5.41, 5.74) is 5.49. The molecule has 1 radical (unpaired) electrons. The molecule has 0 fully saturated rings. The fourth-order valence-corrected chi connectivity index (χ4v) is 3.09. The Labute approximate surface area is 251 Å². The van der Waals surface area contributed by atoms with Crippen molar-refractivity contribution < 1.29 is 41.9 Å². The van der Waals surface area contributed by atoms with Crippen molar-refractivity contribution >= 4 is 0 Å². The maximum atomic E-state index is 4.19. The summed E-state index contributed by atoms with van der Waals surface area (Å²) in [5.74, 6) is 0. The van der Waals surface area contributed by atoms with Gasteiger partial charge in [0.1, 0.15) is 0 Å². The molecule has 0 spiro atoms. The second kappa shape index (κ2) is 19.1. The first-order valence-corrected chi connectivity index (χ1v) is 11.4. The van der Waals surface area contributed by atoms with Crippen LogP contribution in [0.2, 0.25) is 0 Å². The van der Waals surface area contributed by atoms with E-state index in [9.17, 15) is 0 Å². The van der Waals surface area contributed by atoms with Crippen LogP contribution >= 0.6 is 0 Å². The van der Waals surface area contributed by atoms with Crippen LogP contribution in [0.1, 0.15) is 0 Å². The first kappa shape index (κ1) is 33.0. The van der Waals surface area contributed by atoms with E-state index in [1.807, 2.05) is 109 Å². The van der Waals surface area contributed by atoms with Crippen LogP contribution in [0.4, 0.5) is 0 Å². The number of halogens is 2. The molecule has 39 heavy (non-hydrogen) atoms. The number of hydrogen-bond donors (Lipinski definition) is 0. The molecule has 0 bridgehead atoms. The minimum Gasteiger partial charge on any atom is -1.00 e. The second-order valence-electron chi connectivity index (χ2n) is 7.29. The number of rotatable bonds is 3. The van der Waals surface area contributed by atoms with Crippen molar-refractivity contribution in [2.45, 2.75) is 0 Å². The molecule has 0 aliphatic heterocycles. The van der Waals surface area contributed by atoms with E-state index in [2.05, 4.69) is 29.9 Å². The smallest absolute Gasteiger partial charge is 1.00 e. The summed E-state index contributed by atoms with van der Waals surface area (Å²) in [4.78, 5) is 25.1. The predicted molar refractivity (Wildman–Crippen MR) is 142 cm³/mol. The van der Waals surface area contributed by atoms with Gasteiger partial charge < -0.3 is 24.8 Å². The van der Waals surface area contributed by atoms with Gasteiger partial charge in [0.2, 0.25) is 0 Å². The van der Waals surface area contributed by atoms with E-state index < -0.39 is 0 Å². The van der Waals surface area contributed by atoms with Crippen LogP contribution in [-0.4, -0.2) is 29.9 Å². The van der Waals surface area contributed by atoms with Crippen molar-refractivity contribution in [1.82, 2.24) is 29.9 Å². The quantitative estimate of drug-likeness (QED) is 0.274. The van der Waals surface area contributed by atoms with Gasteiger partial charge in [-0.05, 0) is 72.8 Å². The van der Waals surface area contributed by atoms with Gasteiger partial charge in [0.05, 0.1) is 34.2 Å². The number of nitrogens with zero attached hydrogens (tertiary/aromatic N) is 6. The Morgan fingerprint density at radius 3 is 0.513 bits per heavy atom. The van der Waals surface area contributed by atoms with Gasteiger partial charge in [-0.2, -0.15) is 0 Å². The Morgan fingerprint density at radius 1 is 0.256 bits per heavy atom. The minimum atomic E-state index is 0. The van der Waals surface area contributed by atoms with Crippen molar-refractivity contribution in [3.63, 3.8) is 0 Å². The van der Waals surface area contributed by atoms with E-state index in [0.717, 1.165) is 34.2 Å². The molecule has 6 rings (SSSR count). The monoisotopic (exact) mass is 601 g/mol. The number of hydrogen-bond acceptors (Lipinski definition) is 6. The summed E-state index contributed by atoms with van der Waals surface area (Å²) in [6.07, 6.45) is 10.6. The van der Waals surface area contributed by atoms with Crippen LogP contribution in [0.25, 0.3) is 34.2 Å². The third kappa shape index (κ3) is 11.1. The first-order valence-electron chi connectivity index (χ1n) is 11.4. The molecule has 6 aromatic rings. The molecule has 0 aliphatic rings. The van der Waals surface area contributed by atoms with Crippen molar-refractivity contribution in [3.8, 4) is 34.2 Å². The largest absolute Gasteiger partial charge is 2.00 e. The van der Waals surface area contributed by atoms with Gasteiger partial charge in [-0.1, -0.05) is 36.4 Å². The molecule has 0 unspecified atom stereocenters. The van der Waals surface area contributed by atoms with Crippen LogP contribution in [-0.2, 0) is 17.1 Å². The van der Waals surface area contributed by atoms with Gasteiger partial charge in [0.15, 0.2) is 0 Å². The predicted octanol–water partition coefficient (Wildman–Crippen LogP) is 0.436. The Morgan fingerprint density at radius 2 is 0.410 bits per heavy atom. The molecular weight excluding hydrogens is 579 g/mol. The molecule has 0 N–H and O–H groups in total. The Hall–Kier alpha value is -4.00.